The van der Waals surface area contributed by atoms with Crippen LogP contribution in [0, 0.1) is 6.92 Å². The Labute approximate surface area is 102 Å². The monoisotopic (exact) mass is 257 g/mol. The second kappa shape index (κ2) is 5.62. The summed E-state index contributed by atoms with van der Waals surface area (Å²) in [5.74, 6) is -0.0161. The molecule has 3 N–H and O–H groups in total. The maximum absolute atomic E-state index is 11.8. The molecule has 0 aliphatic rings. The van der Waals surface area contributed by atoms with Gasteiger partial charge < -0.3 is 10.8 Å². The molecule has 0 aliphatic heterocycles. The molecular weight excluding hydrogens is 238 g/mol. The lowest BCUT2D eigenvalue weighted by molar-refractivity contribution is 0.277. The molecule has 0 radical (unpaired) electrons. The molecule has 0 amide bonds. The van der Waals surface area contributed by atoms with E-state index in [1.165, 1.54) is 0 Å². The van der Waals surface area contributed by atoms with Crippen LogP contribution in [0.15, 0.2) is 24.3 Å². The molecule has 0 aliphatic carbocycles. The number of hydrogen-bond donors (Lipinski definition) is 2. The first kappa shape index (κ1) is 14.2. The molecule has 0 fully saturated rings. The number of aliphatic hydroxyl groups excluding tert-OH is 1. The Hall–Kier alpha value is -0.910. The summed E-state index contributed by atoms with van der Waals surface area (Å²) in [5, 5.41) is 8.32. The largest absolute Gasteiger partial charge is 0.395 e. The predicted octanol–water partition coefficient (Wildman–Crippen LogP) is 0.790. The zero-order valence-electron chi connectivity index (χ0n) is 10.1. The molecular formula is C12H19NO3S. The van der Waals surface area contributed by atoms with E-state index < -0.39 is 27.7 Å². The molecule has 17 heavy (non-hydrogen) atoms. The number of aliphatic hydroxyl groups is 1. The third-order valence-electron chi connectivity index (χ3n) is 2.99. The number of hydrogen-bond acceptors (Lipinski definition) is 4. The van der Waals surface area contributed by atoms with Crippen molar-refractivity contribution in [2.45, 2.75) is 25.1 Å². The highest BCUT2D eigenvalue weighted by atomic mass is 32.2. The van der Waals surface area contributed by atoms with Crippen molar-refractivity contribution in [3.63, 3.8) is 0 Å². The van der Waals surface area contributed by atoms with Gasteiger partial charge in [-0.25, -0.2) is 8.42 Å². The number of aryl methyl sites for hydroxylation is 1. The van der Waals surface area contributed by atoms with Crippen LogP contribution in [0.4, 0.5) is 0 Å². The van der Waals surface area contributed by atoms with Gasteiger partial charge in [-0.15, -0.1) is 0 Å². The van der Waals surface area contributed by atoms with Crippen LogP contribution < -0.4 is 5.73 Å². The minimum Gasteiger partial charge on any atom is -0.395 e. The van der Waals surface area contributed by atoms with Gasteiger partial charge >= 0.3 is 0 Å². The van der Waals surface area contributed by atoms with E-state index >= 15 is 0 Å². The van der Waals surface area contributed by atoms with Gasteiger partial charge in [-0.05, 0) is 18.1 Å². The molecule has 0 saturated heterocycles. The molecule has 0 saturated carbocycles. The van der Waals surface area contributed by atoms with E-state index in [-0.39, 0.29) is 5.75 Å². The van der Waals surface area contributed by atoms with Crippen LogP contribution in [0.5, 0.6) is 0 Å². The second-order valence-electron chi connectivity index (χ2n) is 4.05. The summed E-state index contributed by atoms with van der Waals surface area (Å²) < 4.78 is 23.6. The third-order valence-corrected chi connectivity index (χ3v) is 5.16. The fourth-order valence-corrected chi connectivity index (χ4v) is 3.07. The van der Waals surface area contributed by atoms with Crippen molar-refractivity contribution in [2.24, 2.45) is 5.73 Å². The molecule has 1 aromatic rings. The maximum atomic E-state index is 11.8. The van der Waals surface area contributed by atoms with Crippen LogP contribution >= 0.6 is 0 Å². The summed E-state index contributed by atoms with van der Waals surface area (Å²) in [6.45, 7) is 2.98. The fourth-order valence-electron chi connectivity index (χ4n) is 1.83. The van der Waals surface area contributed by atoms with E-state index in [1.807, 2.05) is 25.1 Å². The molecule has 4 nitrogen and oxygen atoms in total. The van der Waals surface area contributed by atoms with E-state index in [2.05, 4.69) is 0 Å². The molecule has 1 aromatic carbocycles. The molecule has 96 valence electrons. The normalized spacial score (nSPS) is 15.5. The number of rotatable bonds is 5. The van der Waals surface area contributed by atoms with E-state index in [0.717, 1.165) is 11.1 Å². The first-order valence-corrected chi connectivity index (χ1v) is 7.29. The second-order valence-corrected chi connectivity index (χ2v) is 6.56. The van der Waals surface area contributed by atoms with Crippen molar-refractivity contribution in [1.82, 2.24) is 0 Å². The molecule has 0 heterocycles. The topological polar surface area (TPSA) is 80.4 Å². The summed E-state index contributed by atoms with van der Waals surface area (Å²) in [6, 6.07) is 6.67. The minimum atomic E-state index is -3.35. The van der Waals surface area contributed by atoms with Crippen LogP contribution in [0.2, 0.25) is 0 Å². The number of sulfone groups is 1. The van der Waals surface area contributed by atoms with Gasteiger partial charge in [-0.2, -0.15) is 0 Å². The van der Waals surface area contributed by atoms with Crippen LogP contribution in [0.25, 0.3) is 0 Å². The van der Waals surface area contributed by atoms with E-state index in [1.54, 1.807) is 13.0 Å². The Morgan fingerprint density at radius 1 is 1.35 bits per heavy atom. The van der Waals surface area contributed by atoms with Gasteiger partial charge in [0.05, 0.1) is 6.61 Å². The molecule has 0 aromatic heterocycles. The molecule has 2 atom stereocenters. The van der Waals surface area contributed by atoms with Gasteiger partial charge in [0.2, 0.25) is 0 Å². The van der Waals surface area contributed by atoms with Gasteiger partial charge in [0, 0.05) is 11.8 Å². The average Bonchev–Trinajstić information content (AvgIpc) is 2.30. The first-order chi connectivity index (χ1) is 7.94. The quantitative estimate of drug-likeness (QED) is 0.817. The molecule has 1 rings (SSSR count). The highest BCUT2D eigenvalue weighted by molar-refractivity contribution is 7.92. The smallest absolute Gasteiger partial charge is 0.157 e. The van der Waals surface area contributed by atoms with E-state index in [9.17, 15) is 13.5 Å². The summed E-state index contributed by atoms with van der Waals surface area (Å²) in [7, 11) is -3.35. The summed E-state index contributed by atoms with van der Waals surface area (Å²) in [6.07, 6.45) is 0. The highest BCUT2D eigenvalue weighted by Gasteiger charge is 2.30. The Morgan fingerprint density at radius 3 is 2.41 bits per heavy atom. The first-order valence-electron chi connectivity index (χ1n) is 5.57. The summed E-state index contributed by atoms with van der Waals surface area (Å²) in [5.41, 5.74) is 7.68. The maximum Gasteiger partial charge on any atom is 0.157 e. The van der Waals surface area contributed by atoms with Crippen molar-refractivity contribution in [1.29, 1.82) is 0 Å². The SMILES string of the molecule is CCS(=O)(=O)[C@@H](CO)[C@H](N)c1ccccc1C. The highest BCUT2D eigenvalue weighted by Crippen LogP contribution is 2.23. The Morgan fingerprint density at radius 2 is 1.94 bits per heavy atom. The predicted molar refractivity (Wildman–Crippen MR) is 68.4 cm³/mol. The Kier molecular flexibility index (Phi) is 4.68. The molecule has 0 unspecified atom stereocenters. The van der Waals surface area contributed by atoms with E-state index in [4.69, 9.17) is 5.73 Å². The molecule has 0 spiro atoms. The van der Waals surface area contributed by atoms with Crippen molar-refractivity contribution >= 4 is 9.84 Å². The van der Waals surface area contributed by atoms with Gasteiger partial charge in [0.15, 0.2) is 9.84 Å². The minimum absolute atomic E-state index is 0.0161. The third kappa shape index (κ3) is 3.06. The van der Waals surface area contributed by atoms with Crippen molar-refractivity contribution in [3.05, 3.63) is 35.4 Å². The van der Waals surface area contributed by atoms with Gasteiger partial charge in [-0.3, -0.25) is 0 Å². The number of benzene rings is 1. The van der Waals surface area contributed by atoms with Crippen LogP contribution in [0.3, 0.4) is 0 Å². The van der Waals surface area contributed by atoms with Gasteiger partial charge in [0.25, 0.3) is 0 Å². The van der Waals surface area contributed by atoms with Crippen molar-refractivity contribution in [2.75, 3.05) is 12.4 Å². The summed E-state index contributed by atoms with van der Waals surface area (Å²) >= 11 is 0. The zero-order chi connectivity index (χ0) is 13.1. The van der Waals surface area contributed by atoms with E-state index in [0.29, 0.717) is 0 Å². The van der Waals surface area contributed by atoms with Gasteiger partial charge in [0.1, 0.15) is 5.25 Å². The fraction of sp³-hybridized carbons (Fsp3) is 0.500. The van der Waals surface area contributed by atoms with Crippen molar-refractivity contribution < 1.29 is 13.5 Å². The standard InChI is InChI=1S/C12H19NO3S/c1-3-17(15,16)11(8-14)12(13)10-7-5-4-6-9(10)2/h4-7,11-12,14H,3,8,13H2,1-2H3/t11-,12+/m0/s1. The molecule has 5 heteroatoms. The van der Waals surface area contributed by atoms with Crippen molar-refractivity contribution in [3.8, 4) is 0 Å². The average molecular weight is 257 g/mol. The lowest BCUT2D eigenvalue weighted by Gasteiger charge is -2.23. The van der Waals surface area contributed by atoms with Crippen LogP contribution in [-0.4, -0.2) is 31.1 Å². The Balaban J connectivity index is 3.11. The van der Waals surface area contributed by atoms with Crippen LogP contribution in [-0.2, 0) is 9.84 Å². The zero-order valence-corrected chi connectivity index (χ0v) is 10.9. The molecule has 0 bridgehead atoms. The summed E-state index contributed by atoms with van der Waals surface area (Å²) in [4.78, 5) is 0. The number of nitrogens with two attached hydrogens (primary N) is 1. The lowest BCUT2D eigenvalue weighted by atomic mass is 10.00. The lowest BCUT2D eigenvalue weighted by Crippen LogP contribution is -2.37. The Bertz CT molecular complexity index is 470. The van der Waals surface area contributed by atoms with Crippen LogP contribution in [0.1, 0.15) is 24.1 Å². The van der Waals surface area contributed by atoms with Gasteiger partial charge in [-0.1, -0.05) is 31.2 Å².